The van der Waals surface area contributed by atoms with Crippen LogP contribution in [-0.4, -0.2) is 22.2 Å². The third-order valence-electron chi connectivity index (χ3n) is 4.78. The lowest BCUT2D eigenvalue weighted by Gasteiger charge is -2.14. The summed E-state index contributed by atoms with van der Waals surface area (Å²) in [6.07, 6.45) is 11.0. The lowest BCUT2D eigenvalue weighted by molar-refractivity contribution is -0.132. The van der Waals surface area contributed by atoms with Crippen LogP contribution in [0.4, 0.5) is 0 Å². The van der Waals surface area contributed by atoms with Crippen LogP contribution in [-0.2, 0) is 4.79 Å². The highest BCUT2D eigenvalue weighted by molar-refractivity contribution is 6.13. The molecule has 1 atom stereocenters. The highest BCUT2D eigenvalue weighted by Crippen LogP contribution is 2.32. The van der Waals surface area contributed by atoms with Gasteiger partial charge >= 0.3 is 11.9 Å². The Balaban J connectivity index is 2.16. The zero-order valence-electron chi connectivity index (χ0n) is 15.4. The molecule has 0 saturated carbocycles. The van der Waals surface area contributed by atoms with Gasteiger partial charge in [0.25, 0.3) is 0 Å². The number of benzene rings is 2. The Bertz CT molecular complexity index is 1100. The van der Waals surface area contributed by atoms with Crippen molar-refractivity contribution in [1.29, 1.82) is 0 Å². The van der Waals surface area contributed by atoms with E-state index in [1.807, 2.05) is 43.4 Å². The number of carbonyl (C=O) groups is 2. The third kappa shape index (κ3) is 3.71. The summed E-state index contributed by atoms with van der Waals surface area (Å²) in [7, 11) is 0. The summed E-state index contributed by atoms with van der Waals surface area (Å²) < 4.78 is 0. The van der Waals surface area contributed by atoms with Gasteiger partial charge in [-0.1, -0.05) is 74.2 Å². The topological polar surface area (TPSA) is 74.6 Å². The van der Waals surface area contributed by atoms with Crippen molar-refractivity contribution < 1.29 is 19.8 Å². The second kappa shape index (κ2) is 7.92. The molecular formula is C24H20O4. The number of carboxylic acids is 2. The van der Waals surface area contributed by atoms with E-state index in [-0.39, 0.29) is 22.6 Å². The molecule has 3 rings (SSSR count). The zero-order chi connectivity index (χ0) is 20.3. The second-order valence-corrected chi connectivity index (χ2v) is 6.58. The van der Waals surface area contributed by atoms with Crippen LogP contribution in [0.25, 0.3) is 16.3 Å². The molecule has 140 valence electrons. The number of allylic oxidation sites excluding steroid dienone is 7. The molecule has 1 aliphatic rings. The summed E-state index contributed by atoms with van der Waals surface area (Å²) in [5.41, 5.74) is 1.44. The SMILES string of the molecule is C=C(/C(=C\C=C1\C=CC=CC1C)C(=O)O)c1c(C(=O)O)ccc2ccccc12. The number of aliphatic carboxylic acids is 1. The lowest BCUT2D eigenvalue weighted by Crippen LogP contribution is -2.08. The second-order valence-electron chi connectivity index (χ2n) is 6.58. The molecule has 2 N–H and O–H groups in total. The van der Waals surface area contributed by atoms with E-state index in [2.05, 4.69) is 6.58 Å². The Morgan fingerprint density at radius 3 is 2.50 bits per heavy atom. The van der Waals surface area contributed by atoms with Crippen LogP contribution in [0.3, 0.4) is 0 Å². The summed E-state index contributed by atoms with van der Waals surface area (Å²) in [4.78, 5) is 23.7. The molecule has 0 radical (unpaired) electrons. The predicted molar refractivity (Wildman–Crippen MR) is 111 cm³/mol. The first-order chi connectivity index (χ1) is 13.4. The van der Waals surface area contributed by atoms with Gasteiger partial charge in [-0.15, -0.1) is 0 Å². The molecule has 0 fully saturated rings. The van der Waals surface area contributed by atoms with Crippen LogP contribution >= 0.6 is 0 Å². The maximum atomic E-state index is 11.9. The molecule has 1 aliphatic carbocycles. The summed E-state index contributed by atoms with van der Waals surface area (Å²) in [5, 5.41) is 20.9. The quantitative estimate of drug-likeness (QED) is 0.555. The van der Waals surface area contributed by atoms with Crippen molar-refractivity contribution in [3.05, 3.63) is 102 Å². The van der Waals surface area contributed by atoms with E-state index in [1.165, 1.54) is 12.1 Å². The Morgan fingerprint density at radius 1 is 1.07 bits per heavy atom. The van der Waals surface area contributed by atoms with Crippen molar-refractivity contribution >= 4 is 28.3 Å². The highest BCUT2D eigenvalue weighted by atomic mass is 16.4. The van der Waals surface area contributed by atoms with Gasteiger partial charge in [0.1, 0.15) is 0 Å². The molecule has 0 heterocycles. The molecule has 4 nitrogen and oxygen atoms in total. The molecule has 4 heteroatoms. The van der Waals surface area contributed by atoms with Crippen LogP contribution in [0.2, 0.25) is 0 Å². The Kier molecular flexibility index (Phi) is 5.41. The summed E-state index contributed by atoms with van der Waals surface area (Å²) >= 11 is 0. The first-order valence-electron chi connectivity index (χ1n) is 8.85. The Hall–Kier alpha value is -3.66. The van der Waals surface area contributed by atoms with E-state index in [0.29, 0.717) is 10.9 Å². The van der Waals surface area contributed by atoms with Gasteiger partial charge in [-0.3, -0.25) is 0 Å². The van der Waals surface area contributed by atoms with Gasteiger partial charge < -0.3 is 10.2 Å². The van der Waals surface area contributed by atoms with Gasteiger partial charge in [0, 0.05) is 5.56 Å². The maximum absolute atomic E-state index is 11.9. The normalized spacial score (nSPS) is 17.8. The van der Waals surface area contributed by atoms with Crippen LogP contribution in [0.15, 0.2) is 90.6 Å². The standard InChI is InChI=1S/C24H20O4/c1-15-7-3-4-8-17(15)11-13-19(23(25)26)16(2)22-20-10-6-5-9-18(20)12-14-21(22)24(27)28/h3-15H,2H2,1H3,(H,25,26)(H,27,28)/b17-11-,19-13+. The van der Waals surface area contributed by atoms with Gasteiger partial charge in [-0.05, 0) is 40.0 Å². The van der Waals surface area contributed by atoms with Gasteiger partial charge in [-0.2, -0.15) is 0 Å². The summed E-state index contributed by atoms with van der Waals surface area (Å²) in [6, 6.07) is 10.5. The van der Waals surface area contributed by atoms with Gasteiger partial charge in [0.2, 0.25) is 0 Å². The van der Waals surface area contributed by atoms with Crippen LogP contribution < -0.4 is 0 Å². The molecule has 28 heavy (non-hydrogen) atoms. The average Bonchev–Trinajstić information content (AvgIpc) is 2.68. The molecule has 1 unspecified atom stereocenters. The number of aromatic carboxylic acids is 1. The lowest BCUT2D eigenvalue weighted by atomic mass is 9.89. The monoisotopic (exact) mass is 372 g/mol. The van der Waals surface area contributed by atoms with E-state index in [9.17, 15) is 19.8 Å². The van der Waals surface area contributed by atoms with Gasteiger partial charge in [0.15, 0.2) is 0 Å². The number of carboxylic acid groups (broad SMARTS) is 2. The zero-order valence-corrected chi connectivity index (χ0v) is 15.4. The Labute approximate surface area is 163 Å². The smallest absolute Gasteiger partial charge is 0.336 e. The predicted octanol–water partition coefficient (Wildman–Crippen LogP) is 5.25. The first-order valence-corrected chi connectivity index (χ1v) is 8.85. The number of fused-ring (bicyclic) bond motifs is 1. The van der Waals surface area contributed by atoms with Crippen LogP contribution in [0.5, 0.6) is 0 Å². The summed E-state index contributed by atoms with van der Waals surface area (Å²) in [5.74, 6) is -2.12. The highest BCUT2D eigenvalue weighted by Gasteiger charge is 2.21. The molecule has 2 aromatic rings. The van der Waals surface area contributed by atoms with Crippen molar-refractivity contribution in [1.82, 2.24) is 0 Å². The van der Waals surface area contributed by atoms with Crippen molar-refractivity contribution in [3.63, 3.8) is 0 Å². The van der Waals surface area contributed by atoms with E-state index in [1.54, 1.807) is 24.3 Å². The minimum atomic E-state index is -1.16. The van der Waals surface area contributed by atoms with Crippen molar-refractivity contribution in [2.75, 3.05) is 0 Å². The fraction of sp³-hybridized carbons (Fsp3) is 0.0833. The number of hydrogen-bond acceptors (Lipinski definition) is 2. The first kappa shape index (κ1) is 19.1. The number of hydrogen-bond donors (Lipinski definition) is 2. The van der Waals surface area contributed by atoms with Gasteiger partial charge in [-0.25, -0.2) is 9.59 Å². The molecule has 0 spiro atoms. The van der Waals surface area contributed by atoms with Crippen molar-refractivity contribution in [2.24, 2.45) is 5.92 Å². The van der Waals surface area contributed by atoms with Crippen molar-refractivity contribution in [2.45, 2.75) is 6.92 Å². The molecule has 0 amide bonds. The van der Waals surface area contributed by atoms with Crippen molar-refractivity contribution in [3.8, 4) is 0 Å². The fourth-order valence-electron chi connectivity index (χ4n) is 3.26. The average molecular weight is 372 g/mol. The largest absolute Gasteiger partial charge is 0.478 e. The van der Waals surface area contributed by atoms with Crippen LogP contribution in [0.1, 0.15) is 22.8 Å². The van der Waals surface area contributed by atoms with E-state index in [4.69, 9.17) is 0 Å². The fourth-order valence-corrected chi connectivity index (χ4v) is 3.26. The van der Waals surface area contributed by atoms with Crippen LogP contribution in [0, 0.1) is 5.92 Å². The minimum Gasteiger partial charge on any atom is -0.478 e. The summed E-state index contributed by atoms with van der Waals surface area (Å²) in [6.45, 7) is 5.96. The van der Waals surface area contributed by atoms with E-state index < -0.39 is 11.9 Å². The molecular weight excluding hydrogens is 352 g/mol. The molecule has 0 aromatic heterocycles. The molecule has 2 aromatic carbocycles. The number of rotatable bonds is 5. The third-order valence-corrected chi connectivity index (χ3v) is 4.78. The molecule has 0 saturated heterocycles. The minimum absolute atomic E-state index is 0.0253. The maximum Gasteiger partial charge on any atom is 0.336 e. The molecule has 0 aliphatic heterocycles. The van der Waals surface area contributed by atoms with E-state index in [0.717, 1.165) is 11.0 Å². The van der Waals surface area contributed by atoms with E-state index >= 15 is 0 Å². The van der Waals surface area contributed by atoms with Gasteiger partial charge in [0.05, 0.1) is 11.1 Å². The Morgan fingerprint density at radius 2 is 1.82 bits per heavy atom. The molecule has 0 bridgehead atoms.